The second-order valence-corrected chi connectivity index (χ2v) is 5.84. The predicted octanol–water partition coefficient (Wildman–Crippen LogP) is 1.46. The van der Waals surface area contributed by atoms with Crippen molar-refractivity contribution < 1.29 is 0 Å². The Bertz CT molecular complexity index is 758. The number of unbranched alkanes of at least 4 members (excludes halogenated alkanes) is 6. The lowest BCUT2D eigenvalue weighted by Gasteiger charge is -2.08. The minimum Gasteiger partial charge on any atom is -0.303 e. The van der Waals surface area contributed by atoms with Crippen LogP contribution in [0.1, 0.15) is 51.9 Å². The van der Waals surface area contributed by atoms with Crippen LogP contribution in [0, 0.1) is 0 Å². The first-order valence-electron chi connectivity index (χ1n) is 8.26. The highest BCUT2D eigenvalue weighted by Gasteiger charge is 2.16. The Kier molecular flexibility index (Phi) is 5.97. The third-order valence-electron chi connectivity index (χ3n) is 4.12. The van der Waals surface area contributed by atoms with E-state index in [4.69, 9.17) is 5.84 Å². The first kappa shape index (κ1) is 17.3. The van der Waals surface area contributed by atoms with Gasteiger partial charge in [-0.25, -0.2) is 10.6 Å². The van der Waals surface area contributed by atoms with Gasteiger partial charge in [-0.3, -0.25) is 19.8 Å². The Balaban J connectivity index is 2.12. The van der Waals surface area contributed by atoms with Gasteiger partial charge in [0.2, 0.25) is 5.95 Å². The summed E-state index contributed by atoms with van der Waals surface area (Å²) in [5, 5.41) is 0. The Labute approximate surface area is 134 Å². The molecule has 0 atom stereocenters. The van der Waals surface area contributed by atoms with E-state index in [0.29, 0.717) is 23.7 Å². The highest BCUT2D eigenvalue weighted by molar-refractivity contribution is 5.73. The van der Waals surface area contributed by atoms with Crippen LogP contribution in [0.2, 0.25) is 0 Å². The Morgan fingerprint density at radius 2 is 1.78 bits per heavy atom. The van der Waals surface area contributed by atoms with Gasteiger partial charge in [0.25, 0.3) is 5.56 Å². The van der Waals surface area contributed by atoms with Crippen LogP contribution in [-0.2, 0) is 13.6 Å². The number of aromatic amines is 1. The Morgan fingerprint density at radius 1 is 1.13 bits per heavy atom. The van der Waals surface area contributed by atoms with Gasteiger partial charge in [0.1, 0.15) is 0 Å². The molecule has 0 spiro atoms. The summed E-state index contributed by atoms with van der Waals surface area (Å²) in [6.07, 6.45) is 8.28. The van der Waals surface area contributed by atoms with Gasteiger partial charge in [0, 0.05) is 13.6 Å². The summed E-state index contributed by atoms with van der Waals surface area (Å²) >= 11 is 0. The van der Waals surface area contributed by atoms with E-state index in [9.17, 15) is 9.59 Å². The second-order valence-electron chi connectivity index (χ2n) is 5.84. The van der Waals surface area contributed by atoms with Crippen LogP contribution in [0.15, 0.2) is 9.59 Å². The number of fused-ring (bicyclic) bond motifs is 1. The minimum absolute atomic E-state index is 0.342. The summed E-state index contributed by atoms with van der Waals surface area (Å²) < 4.78 is 3.07. The molecule has 0 aliphatic carbocycles. The van der Waals surface area contributed by atoms with Crippen molar-refractivity contribution in [2.75, 3.05) is 5.43 Å². The average Bonchev–Trinajstić information content (AvgIpc) is 2.91. The van der Waals surface area contributed by atoms with Crippen molar-refractivity contribution in [2.24, 2.45) is 12.9 Å². The molecule has 0 amide bonds. The van der Waals surface area contributed by atoms with Crippen LogP contribution >= 0.6 is 0 Å². The van der Waals surface area contributed by atoms with E-state index in [0.717, 1.165) is 12.8 Å². The van der Waals surface area contributed by atoms with Crippen LogP contribution < -0.4 is 22.5 Å². The first-order chi connectivity index (χ1) is 11.1. The lowest BCUT2D eigenvalue weighted by atomic mass is 10.1. The van der Waals surface area contributed by atoms with E-state index in [1.165, 1.54) is 36.7 Å². The largest absolute Gasteiger partial charge is 0.329 e. The van der Waals surface area contributed by atoms with Crippen LogP contribution in [-0.4, -0.2) is 19.1 Å². The molecular weight excluding hydrogens is 296 g/mol. The zero-order valence-corrected chi connectivity index (χ0v) is 13.9. The molecule has 2 heterocycles. The van der Waals surface area contributed by atoms with Crippen LogP contribution in [0.4, 0.5) is 5.95 Å². The number of aromatic nitrogens is 4. The SMILES string of the molecule is CCCCCCCCCn1c(NN)nc2c1c(=O)[nH]c(=O)n2C. The van der Waals surface area contributed by atoms with Crippen LogP contribution in [0.5, 0.6) is 0 Å². The highest BCUT2D eigenvalue weighted by atomic mass is 16.2. The number of H-pyrrole nitrogens is 1. The molecule has 8 heteroatoms. The molecule has 0 aromatic carbocycles. The lowest BCUT2D eigenvalue weighted by Crippen LogP contribution is -2.29. The molecule has 2 aromatic rings. The number of nitrogens with one attached hydrogen (secondary N) is 2. The van der Waals surface area contributed by atoms with Crippen molar-refractivity contribution in [3.8, 4) is 0 Å². The molecule has 0 saturated heterocycles. The maximum absolute atomic E-state index is 12.1. The molecule has 2 aromatic heterocycles. The van der Waals surface area contributed by atoms with Gasteiger partial charge >= 0.3 is 5.69 Å². The van der Waals surface area contributed by atoms with Gasteiger partial charge in [0.05, 0.1) is 0 Å². The fourth-order valence-corrected chi connectivity index (χ4v) is 2.79. The molecule has 0 radical (unpaired) electrons. The molecule has 0 aliphatic rings. The maximum atomic E-state index is 12.1. The van der Waals surface area contributed by atoms with Gasteiger partial charge in [-0.2, -0.15) is 4.98 Å². The minimum atomic E-state index is -0.480. The van der Waals surface area contributed by atoms with Gasteiger partial charge < -0.3 is 4.57 Å². The van der Waals surface area contributed by atoms with E-state index in [1.807, 2.05) is 0 Å². The van der Waals surface area contributed by atoms with E-state index >= 15 is 0 Å². The molecule has 4 N–H and O–H groups in total. The summed E-state index contributed by atoms with van der Waals surface area (Å²) in [6, 6.07) is 0. The summed E-state index contributed by atoms with van der Waals surface area (Å²) in [5.41, 5.74) is 2.32. The normalized spacial score (nSPS) is 11.3. The number of nitrogen functional groups attached to an aromatic ring is 1. The number of hydrogen-bond donors (Lipinski definition) is 3. The van der Waals surface area contributed by atoms with Gasteiger partial charge in [-0.1, -0.05) is 45.4 Å². The van der Waals surface area contributed by atoms with Crippen molar-refractivity contribution in [3.05, 3.63) is 20.8 Å². The molecule has 0 aliphatic heterocycles. The van der Waals surface area contributed by atoms with Crippen molar-refractivity contribution in [1.82, 2.24) is 19.1 Å². The quantitative estimate of drug-likeness (QED) is 0.368. The first-order valence-corrected chi connectivity index (χ1v) is 8.26. The molecular formula is C15H26N6O2. The fourth-order valence-electron chi connectivity index (χ4n) is 2.79. The number of rotatable bonds is 9. The fraction of sp³-hybridized carbons (Fsp3) is 0.667. The molecule has 8 nitrogen and oxygen atoms in total. The molecule has 0 bridgehead atoms. The third kappa shape index (κ3) is 3.82. The standard InChI is InChI=1S/C15H26N6O2/c1-3-4-5-6-7-8-9-10-21-11-12(17-14(21)19-16)20(2)15(23)18-13(11)22/h3-10,16H2,1-2H3,(H,17,19)(H,18,22,23). The van der Waals surface area contributed by atoms with E-state index < -0.39 is 11.2 Å². The Hall–Kier alpha value is -2.09. The topological polar surface area (TPSA) is 111 Å². The number of hydrogen-bond acceptors (Lipinski definition) is 5. The van der Waals surface area contributed by atoms with E-state index in [2.05, 4.69) is 22.3 Å². The molecule has 0 saturated carbocycles. The number of hydrazine groups is 1. The highest BCUT2D eigenvalue weighted by Crippen LogP contribution is 2.16. The number of nitrogens with zero attached hydrogens (tertiary/aromatic N) is 3. The van der Waals surface area contributed by atoms with Crippen molar-refractivity contribution >= 4 is 17.1 Å². The average molecular weight is 322 g/mol. The summed E-state index contributed by atoms with van der Waals surface area (Å²) in [5.74, 6) is 5.91. The maximum Gasteiger partial charge on any atom is 0.329 e. The Morgan fingerprint density at radius 3 is 2.43 bits per heavy atom. The molecule has 0 fully saturated rings. The monoisotopic (exact) mass is 322 g/mol. The van der Waals surface area contributed by atoms with Gasteiger partial charge in [-0.05, 0) is 6.42 Å². The summed E-state index contributed by atoms with van der Waals surface area (Å²) in [7, 11) is 1.58. The van der Waals surface area contributed by atoms with Gasteiger partial charge in [-0.15, -0.1) is 0 Å². The van der Waals surface area contributed by atoms with Crippen molar-refractivity contribution in [1.29, 1.82) is 0 Å². The lowest BCUT2D eigenvalue weighted by molar-refractivity contribution is 0.556. The smallest absolute Gasteiger partial charge is 0.303 e. The van der Waals surface area contributed by atoms with Crippen molar-refractivity contribution in [2.45, 2.75) is 58.4 Å². The van der Waals surface area contributed by atoms with E-state index in [-0.39, 0.29) is 0 Å². The van der Waals surface area contributed by atoms with Gasteiger partial charge in [0.15, 0.2) is 11.2 Å². The predicted molar refractivity (Wildman–Crippen MR) is 91.4 cm³/mol. The molecule has 128 valence electrons. The molecule has 2 rings (SSSR count). The molecule has 23 heavy (non-hydrogen) atoms. The third-order valence-corrected chi connectivity index (χ3v) is 4.12. The van der Waals surface area contributed by atoms with Crippen LogP contribution in [0.3, 0.4) is 0 Å². The summed E-state index contributed by atoms with van der Waals surface area (Å²) in [6.45, 7) is 2.85. The number of anilines is 1. The zero-order valence-electron chi connectivity index (χ0n) is 13.9. The van der Waals surface area contributed by atoms with Crippen molar-refractivity contribution in [3.63, 3.8) is 0 Å². The summed E-state index contributed by atoms with van der Waals surface area (Å²) in [4.78, 5) is 30.3. The number of aryl methyl sites for hydroxylation is 2. The second kappa shape index (κ2) is 7.96. The van der Waals surface area contributed by atoms with E-state index in [1.54, 1.807) is 11.6 Å². The number of imidazole rings is 1. The van der Waals surface area contributed by atoms with Crippen LogP contribution in [0.25, 0.3) is 11.2 Å². The number of nitrogens with two attached hydrogens (primary N) is 1. The molecule has 0 unspecified atom stereocenters. The zero-order chi connectivity index (χ0) is 16.8.